The summed E-state index contributed by atoms with van der Waals surface area (Å²) in [6.45, 7) is 0.610. The van der Waals surface area contributed by atoms with Crippen molar-refractivity contribution in [1.29, 1.82) is 0 Å². The quantitative estimate of drug-likeness (QED) is 0.923. The van der Waals surface area contributed by atoms with Crippen LogP contribution < -0.4 is 0 Å². The molecule has 1 saturated carbocycles. The van der Waals surface area contributed by atoms with E-state index in [1.165, 1.54) is 25.0 Å². The summed E-state index contributed by atoms with van der Waals surface area (Å²) in [5, 5.41) is 9.45. The predicted molar refractivity (Wildman–Crippen MR) is 73.7 cm³/mol. The lowest BCUT2D eigenvalue weighted by Crippen LogP contribution is -2.41. The molecule has 2 aliphatic rings. The van der Waals surface area contributed by atoms with Crippen molar-refractivity contribution >= 4 is 5.97 Å². The van der Waals surface area contributed by atoms with Gasteiger partial charge < -0.3 is 5.11 Å². The van der Waals surface area contributed by atoms with Crippen molar-refractivity contribution in [2.24, 2.45) is 5.92 Å². The van der Waals surface area contributed by atoms with Crippen LogP contribution >= 0.6 is 0 Å². The summed E-state index contributed by atoms with van der Waals surface area (Å²) >= 11 is 0. The third-order valence-corrected chi connectivity index (χ3v) is 4.78. The molecule has 0 amide bonds. The van der Waals surface area contributed by atoms with Crippen LogP contribution in [0.25, 0.3) is 0 Å². The van der Waals surface area contributed by atoms with E-state index in [-0.39, 0.29) is 11.9 Å². The minimum atomic E-state index is -0.721. The van der Waals surface area contributed by atoms with Crippen LogP contribution in [0.15, 0.2) is 24.3 Å². The Morgan fingerprint density at radius 3 is 2.65 bits per heavy atom. The van der Waals surface area contributed by atoms with Crippen LogP contribution in [0.3, 0.4) is 0 Å². The van der Waals surface area contributed by atoms with Crippen molar-refractivity contribution in [3.63, 3.8) is 0 Å². The minimum Gasteiger partial charge on any atom is -0.480 e. The standard InChI is InChI=1S/C16H20FNO2/c17-13-7-5-11(6-8-13)10-18-14-4-2-1-3-12(14)9-15(18)16(19)20/h5-8,12,14-15H,1-4,9-10H2,(H,19,20)/t12-,14+,15+/m1/s1. The van der Waals surface area contributed by atoms with E-state index >= 15 is 0 Å². The van der Waals surface area contributed by atoms with Crippen LogP contribution in [0.4, 0.5) is 4.39 Å². The summed E-state index contributed by atoms with van der Waals surface area (Å²) in [7, 11) is 0. The second-order valence-corrected chi connectivity index (χ2v) is 6.00. The monoisotopic (exact) mass is 277 g/mol. The molecule has 1 saturated heterocycles. The number of benzene rings is 1. The molecule has 3 atom stereocenters. The van der Waals surface area contributed by atoms with E-state index in [4.69, 9.17) is 0 Å². The number of rotatable bonds is 3. The average molecular weight is 277 g/mol. The molecule has 1 aliphatic heterocycles. The van der Waals surface area contributed by atoms with Gasteiger partial charge in [-0.1, -0.05) is 25.0 Å². The van der Waals surface area contributed by atoms with Gasteiger partial charge in [0.1, 0.15) is 11.9 Å². The van der Waals surface area contributed by atoms with Crippen molar-refractivity contribution in [3.05, 3.63) is 35.6 Å². The number of halogens is 1. The number of carboxylic acid groups (broad SMARTS) is 1. The molecule has 1 aliphatic carbocycles. The van der Waals surface area contributed by atoms with E-state index in [0.29, 0.717) is 18.5 Å². The van der Waals surface area contributed by atoms with Crippen molar-refractivity contribution in [2.45, 2.75) is 50.7 Å². The van der Waals surface area contributed by atoms with Gasteiger partial charge in [-0.05, 0) is 42.9 Å². The molecule has 0 radical (unpaired) electrons. The Labute approximate surface area is 118 Å². The van der Waals surface area contributed by atoms with Crippen LogP contribution in [0.5, 0.6) is 0 Å². The lowest BCUT2D eigenvalue weighted by Gasteiger charge is -2.33. The van der Waals surface area contributed by atoms with E-state index in [1.807, 2.05) is 0 Å². The van der Waals surface area contributed by atoms with Crippen molar-refractivity contribution in [2.75, 3.05) is 0 Å². The first kappa shape index (κ1) is 13.6. The smallest absolute Gasteiger partial charge is 0.320 e. The van der Waals surface area contributed by atoms with E-state index in [0.717, 1.165) is 24.8 Å². The summed E-state index contributed by atoms with van der Waals surface area (Å²) in [6, 6.07) is 6.40. The van der Waals surface area contributed by atoms with Gasteiger partial charge in [-0.2, -0.15) is 0 Å². The van der Waals surface area contributed by atoms with Crippen LogP contribution in [0.2, 0.25) is 0 Å². The number of carboxylic acids is 1. The highest BCUT2D eigenvalue weighted by molar-refractivity contribution is 5.74. The largest absolute Gasteiger partial charge is 0.480 e. The average Bonchev–Trinajstić information content (AvgIpc) is 2.81. The van der Waals surface area contributed by atoms with Crippen molar-refractivity contribution in [3.8, 4) is 0 Å². The Balaban J connectivity index is 1.80. The first-order valence-corrected chi connectivity index (χ1v) is 7.38. The van der Waals surface area contributed by atoms with E-state index in [1.54, 1.807) is 12.1 Å². The summed E-state index contributed by atoms with van der Waals surface area (Å²) in [4.78, 5) is 13.6. The van der Waals surface area contributed by atoms with Crippen molar-refractivity contribution in [1.82, 2.24) is 4.90 Å². The summed E-state index contributed by atoms with van der Waals surface area (Å²) in [5.74, 6) is -0.452. The number of hydrogen-bond donors (Lipinski definition) is 1. The van der Waals surface area contributed by atoms with Gasteiger partial charge in [0.25, 0.3) is 0 Å². The Morgan fingerprint density at radius 1 is 1.25 bits per heavy atom. The normalized spacial score (nSPS) is 30.1. The molecular formula is C16H20FNO2. The fourth-order valence-electron chi connectivity index (χ4n) is 3.82. The van der Waals surface area contributed by atoms with Crippen LogP contribution in [0.1, 0.15) is 37.7 Å². The lowest BCUT2D eigenvalue weighted by molar-refractivity contribution is -0.142. The number of nitrogens with zero attached hydrogens (tertiary/aromatic N) is 1. The summed E-state index contributed by atoms with van der Waals surface area (Å²) in [6.07, 6.45) is 5.41. The maximum atomic E-state index is 13.0. The fraction of sp³-hybridized carbons (Fsp3) is 0.562. The van der Waals surface area contributed by atoms with E-state index in [2.05, 4.69) is 4.90 Å². The highest BCUT2D eigenvalue weighted by Crippen LogP contribution is 2.40. The van der Waals surface area contributed by atoms with Gasteiger partial charge in [-0.15, -0.1) is 0 Å². The number of carbonyl (C=O) groups is 1. The fourth-order valence-corrected chi connectivity index (χ4v) is 3.82. The number of hydrogen-bond acceptors (Lipinski definition) is 2. The molecule has 2 fully saturated rings. The number of aliphatic carboxylic acids is 1. The highest BCUT2D eigenvalue weighted by Gasteiger charge is 2.44. The Bertz CT molecular complexity index is 488. The topological polar surface area (TPSA) is 40.5 Å². The first-order valence-electron chi connectivity index (χ1n) is 7.38. The Hall–Kier alpha value is -1.42. The molecule has 108 valence electrons. The Morgan fingerprint density at radius 2 is 1.95 bits per heavy atom. The molecule has 0 bridgehead atoms. The molecule has 0 unspecified atom stereocenters. The molecule has 1 aromatic rings. The van der Waals surface area contributed by atoms with E-state index < -0.39 is 5.97 Å². The van der Waals surface area contributed by atoms with Gasteiger partial charge in [0.05, 0.1) is 0 Å². The zero-order chi connectivity index (χ0) is 14.1. The molecule has 1 aromatic carbocycles. The maximum absolute atomic E-state index is 13.0. The zero-order valence-corrected chi connectivity index (χ0v) is 11.5. The molecule has 4 heteroatoms. The summed E-state index contributed by atoms with van der Waals surface area (Å²) in [5.41, 5.74) is 0.990. The SMILES string of the molecule is O=C(O)[C@@H]1C[C@H]2CCCC[C@@H]2N1Cc1ccc(F)cc1. The minimum absolute atomic E-state index is 0.250. The summed E-state index contributed by atoms with van der Waals surface area (Å²) < 4.78 is 13.0. The molecule has 20 heavy (non-hydrogen) atoms. The molecule has 3 rings (SSSR count). The first-order chi connectivity index (χ1) is 9.65. The maximum Gasteiger partial charge on any atom is 0.320 e. The van der Waals surface area contributed by atoms with Gasteiger partial charge in [-0.3, -0.25) is 9.69 Å². The van der Waals surface area contributed by atoms with Crippen LogP contribution in [-0.2, 0) is 11.3 Å². The molecule has 0 spiro atoms. The molecular weight excluding hydrogens is 257 g/mol. The van der Waals surface area contributed by atoms with Gasteiger partial charge >= 0.3 is 5.97 Å². The van der Waals surface area contributed by atoms with Crippen LogP contribution in [-0.4, -0.2) is 28.1 Å². The van der Waals surface area contributed by atoms with Gasteiger partial charge in [0.2, 0.25) is 0 Å². The lowest BCUT2D eigenvalue weighted by atomic mass is 9.84. The third-order valence-electron chi connectivity index (χ3n) is 4.78. The number of likely N-dealkylation sites (tertiary alicyclic amines) is 1. The van der Waals surface area contributed by atoms with Crippen molar-refractivity contribution < 1.29 is 14.3 Å². The number of fused-ring (bicyclic) bond motifs is 1. The van der Waals surface area contributed by atoms with Gasteiger partial charge in [0, 0.05) is 12.6 Å². The molecule has 0 aromatic heterocycles. The highest BCUT2D eigenvalue weighted by atomic mass is 19.1. The third kappa shape index (κ3) is 2.57. The molecule has 3 nitrogen and oxygen atoms in total. The van der Waals surface area contributed by atoms with Crippen LogP contribution in [0, 0.1) is 11.7 Å². The Kier molecular flexibility index (Phi) is 3.74. The predicted octanol–water partition coefficient (Wildman–Crippen LogP) is 3.04. The van der Waals surface area contributed by atoms with E-state index in [9.17, 15) is 14.3 Å². The second-order valence-electron chi connectivity index (χ2n) is 6.00. The second kappa shape index (κ2) is 5.52. The van der Waals surface area contributed by atoms with Gasteiger partial charge in [-0.25, -0.2) is 4.39 Å². The molecule has 1 heterocycles. The molecule has 1 N–H and O–H groups in total. The zero-order valence-electron chi connectivity index (χ0n) is 11.5. The van der Waals surface area contributed by atoms with Gasteiger partial charge in [0.15, 0.2) is 0 Å².